The van der Waals surface area contributed by atoms with Gasteiger partial charge in [0.25, 0.3) is 0 Å². The number of nitrogens with two attached hydrogens (primary N) is 1. The van der Waals surface area contributed by atoms with Crippen LogP contribution in [0.25, 0.3) is 0 Å². The predicted molar refractivity (Wildman–Crippen MR) is 85.6 cm³/mol. The van der Waals surface area contributed by atoms with E-state index in [0.29, 0.717) is 5.82 Å². The van der Waals surface area contributed by atoms with Crippen molar-refractivity contribution < 1.29 is 4.92 Å². The lowest BCUT2D eigenvalue weighted by molar-refractivity contribution is -0.384. The summed E-state index contributed by atoms with van der Waals surface area (Å²) in [6, 6.07) is 6.56. The van der Waals surface area contributed by atoms with Crippen molar-refractivity contribution in [3.63, 3.8) is 0 Å². The quantitative estimate of drug-likeness (QED) is 0.442. The molecular weight excluding hydrogens is 338 g/mol. The van der Waals surface area contributed by atoms with E-state index >= 15 is 0 Å². The van der Waals surface area contributed by atoms with Gasteiger partial charge in [0.1, 0.15) is 5.82 Å². The summed E-state index contributed by atoms with van der Waals surface area (Å²) in [4.78, 5) is 14.7. The average molecular weight is 352 g/mol. The molecule has 0 atom stereocenters. The number of halogens is 1. The van der Waals surface area contributed by atoms with Gasteiger partial charge in [-0.3, -0.25) is 10.1 Å². The normalized spacial score (nSPS) is 10.3. The number of hydrogen-bond donors (Lipinski definition) is 3. The van der Waals surface area contributed by atoms with Crippen molar-refractivity contribution in [2.45, 2.75) is 13.8 Å². The Hall–Kier alpha value is -2.19. The molecule has 1 aromatic heterocycles. The van der Waals surface area contributed by atoms with E-state index in [-0.39, 0.29) is 11.5 Å². The molecule has 0 fully saturated rings. The highest BCUT2D eigenvalue weighted by Gasteiger charge is 2.16. The van der Waals surface area contributed by atoms with Crippen LogP contribution in [0.5, 0.6) is 0 Å². The van der Waals surface area contributed by atoms with Crippen LogP contribution in [0.4, 0.5) is 23.0 Å². The lowest BCUT2D eigenvalue weighted by Gasteiger charge is -2.11. The molecule has 0 amide bonds. The molecular formula is C13H14BrN5O2. The first-order valence-electron chi connectivity index (χ1n) is 6.08. The highest BCUT2D eigenvalue weighted by Crippen LogP contribution is 2.30. The predicted octanol–water partition coefficient (Wildman–Crippen LogP) is 3.40. The maximum atomic E-state index is 11.1. The average Bonchev–Trinajstić information content (AvgIpc) is 2.44. The van der Waals surface area contributed by atoms with E-state index in [1.54, 1.807) is 0 Å². The first-order valence-corrected chi connectivity index (χ1v) is 6.87. The number of hydrogen-bond acceptors (Lipinski definition) is 6. The Balaban J connectivity index is 2.45. The Morgan fingerprint density at radius 1 is 1.29 bits per heavy atom. The minimum atomic E-state index is -0.492. The van der Waals surface area contributed by atoms with Gasteiger partial charge in [-0.25, -0.2) is 10.8 Å². The van der Waals surface area contributed by atoms with E-state index in [0.717, 1.165) is 21.3 Å². The van der Waals surface area contributed by atoms with E-state index in [2.05, 4.69) is 31.7 Å². The Labute approximate surface area is 129 Å². The van der Waals surface area contributed by atoms with Gasteiger partial charge in [-0.05, 0) is 43.2 Å². The van der Waals surface area contributed by atoms with Crippen LogP contribution in [-0.2, 0) is 0 Å². The molecule has 1 heterocycles. The molecule has 21 heavy (non-hydrogen) atoms. The van der Waals surface area contributed by atoms with Gasteiger partial charge in [-0.1, -0.05) is 15.9 Å². The molecule has 0 saturated heterocycles. The monoisotopic (exact) mass is 351 g/mol. The second kappa shape index (κ2) is 6.06. The minimum absolute atomic E-state index is 0.118. The third-order valence-electron chi connectivity index (χ3n) is 2.92. The minimum Gasteiger partial charge on any atom is -0.334 e. The van der Waals surface area contributed by atoms with E-state index in [9.17, 15) is 10.1 Å². The van der Waals surface area contributed by atoms with Crippen LogP contribution < -0.4 is 16.6 Å². The summed E-state index contributed by atoms with van der Waals surface area (Å²) >= 11 is 3.48. The standard InChI is InChI=1S/C13H14BrN5O2/c1-7-5-9(6-8(2)12(7)14)16-13-10(19(20)21)3-4-11(17-13)18-15/h3-6H,15H2,1-2H3,(H2,16,17,18). The number of aryl methyl sites for hydroxylation is 2. The molecule has 110 valence electrons. The fourth-order valence-corrected chi connectivity index (χ4v) is 2.16. The van der Waals surface area contributed by atoms with Crippen LogP contribution in [0.2, 0.25) is 0 Å². The van der Waals surface area contributed by atoms with Gasteiger partial charge in [0.05, 0.1) is 4.92 Å². The zero-order chi connectivity index (χ0) is 15.6. The zero-order valence-electron chi connectivity index (χ0n) is 11.5. The number of nitrogen functional groups attached to an aromatic ring is 1. The molecule has 7 nitrogen and oxygen atoms in total. The van der Waals surface area contributed by atoms with Gasteiger partial charge in [-0.2, -0.15) is 0 Å². The van der Waals surface area contributed by atoms with Crippen LogP contribution in [0.15, 0.2) is 28.7 Å². The van der Waals surface area contributed by atoms with Gasteiger partial charge < -0.3 is 10.7 Å². The van der Waals surface area contributed by atoms with Crippen LogP contribution >= 0.6 is 15.9 Å². The number of benzene rings is 1. The summed E-state index contributed by atoms with van der Waals surface area (Å²) in [5, 5.41) is 14.0. The number of pyridine rings is 1. The smallest absolute Gasteiger partial charge is 0.311 e. The summed E-state index contributed by atoms with van der Waals surface area (Å²) < 4.78 is 1.01. The molecule has 8 heteroatoms. The van der Waals surface area contributed by atoms with Gasteiger partial charge in [0.2, 0.25) is 5.82 Å². The van der Waals surface area contributed by atoms with Crippen LogP contribution in [-0.4, -0.2) is 9.91 Å². The number of nitrogens with zero attached hydrogens (tertiary/aromatic N) is 2. The first kappa shape index (κ1) is 15.2. The van der Waals surface area contributed by atoms with E-state index in [1.807, 2.05) is 26.0 Å². The number of nitrogens with one attached hydrogen (secondary N) is 2. The molecule has 1 aromatic carbocycles. The molecule has 0 aliphatic heterocycles. The lowest BCUT2D eigenvalue weighted by atomic mass is 10.1. The van der Waals surface area contributed by atoms with Crippen molar-refractivity contribution >= 4 is 38.9 Å². The van der Waals surface area contributed by atoms with Crippen LogP contribution in [0, 0.1) is 24.0 Å². The van der Waals surface area contributed by atoms with Crippen molar-refractivity contribution in [1.29, 1.82) is 0 Å². The number of anilines is 3. The number of aromatic nitrogens is 1. The summed E-state index contributed by atoms with van der Waals surface area (Å²) in [6.07, 6.45) is 0. The second-order valence-corrected chi connectivity index (χ2v) is 5.31. The van der Waals surface area contributed by atoms with E-state index < -0.39 is 4.92 Å². The largest absolute Gasteiger partial charge is 0.334 e. The van der Waals surface area contributed by atoms with Crippen molar-refractivity contribution in [2.75, 3.05) is 10.7 Å². The molecule has 0 radical (unpaired) electrons. The van der Waals surface area contributed by atoms with E-state index in [1.165, 1.54) is 12.1 Å². The fraction of sp³-hybridized carbons (Fsp3) is 0.154. The summed E-state index contributed by atoms with van der Waals surface area (Å²) in [5.41, 5.74) is 5.02. The van der Waals surface area contributed by atoms with E-state index in [4.69, 9.17) is 5.84 Å². The molecule has 0 saturated carbocycles. The molecule has 0 aliphatic rings. The van der Waals surface area contributed by atoms with Gasteiger partial charge >= 0.3 is 5.69 Å². The van der Waals surface area contributed by atoms with Crippen molar-refractivity contribution in [3.05, 3.63) is 50.0 Å². The first-order chi connectivity index (χ1) is 9.92. The number of hydrazine groups is 1. The zero-order valence-corrected chi connectivity index (χ0v) is 13.1. The molecule has 0 unspecified atom stereocenters. The molecule has 0 spiro atoms. The Bertz CT molecular complexity index is 682. The van der Waals surface area contributed by atoms with Crippen LogP contribution in [0.3, 0.4) is 0 Å². The fourth-order valence-electron chi connectivity index (χ4n) is 1.93. The molecule has 2 aromatic rings. The maximum Gasteiger partial charge on any atom is 0.311 e. The summed E-state index contributed by atoms with van der Waals surface area (Å²) in [5.74, 6) is 5.77. The highest BCUT2D eigenvalue weighted by molar-refractivity contribution is 9.10. The SMILES string of the molecule is Cc1cc(Nc2nc(NN)ccc2[N+](=O)[O-])cc(C)c1Br. The third kappa shape index (κ3) is 3.29. The van der Waals surface area contributed by atoms with Crippen molar-refractivity contribution in [1.82, 2.24) is 4.98 Å². The van der Waals surface area contributed by atoms with Gasteiger partial charge in [0, 0.05) is 16.2 Å². The Morgan fingerprint density at radius 2 is 1.90 bits per heavy atom. The van der Waals surface area contributed by atoms with Gasteiger partial charge in [-0.15, -0.1) is 0 Å². The Morgan fingerprint density at radius 3 is 2.43 bits per heavy atom. The third-order valence-corrected chi connectivity index (χ3v) is 4.17. The second-order valence-electron chi connectivity index (χ2n) is 4.51. The summed E-state index contributed by atoms with van der Waals surface area (Å²) in [6.45, 7) is 3.89. The molecule has 2 rings (SSSR count). The number of nitro groups is 1. The van der Waals surface area contributed by atoms with Crippen molar-refractivity contribution in [2.24, 2.45) is 5.84 Å². The topological polar surface area (TPSA) is 106 Å². The molecule has 0 bridgehead atoms. The highest BCUT2D eigenvalue weighted by atomic mass is 79.9. The number of rotatable bonds is 4. The van der Waals surface area contributed by atoms with Gasteiger partial charge in [0.15, 0.2) is 0 Å². The Kier molecular flexibility index (Phi) is 4.39. The summed E-state index contributed by atoms with van der Waals surface area (Å²) in [7, 11) is 0. The van der Waals surface area contributed by atoms with Crippen molar-refractivity contribution in [3.8, 4) is 0 Å². The lowest BCUT2D eigenvalue weighted by Crippen LogP contribution is -2.10. The molecule has 0 aliphatic carbocycles. The van der Waals surface area contributed by atoms with Crippen LogP contribution in [0.1, 0.15) is 11.1 Å². The maximum absolute atomic E-state index is 11.1. The molecule has 4 N–H and O–H groups in total.